The summed E-state index contributed by atoms with van der Waals surface area (Å²) >= 11 is 0. The Bertz CT molecular complexity index is 951. The Morgan fingerprint density at radius 2 is 1.69 bits per heavy atom. The van der Waals surface area contributed by atoms with Gasteiger partial charge < -0.3 is 15.5 Å². The van der Waals surface area contributed by atoms with Crippen molar-refractivity contribution in [1.82, 2.24) is 9.97 Å². The summed E-state index contributed by atoms with van der Waals surface area (Å²) in [4.78, 5) is 23.2. The summed E-state index contributed by atoms with van der Waals surface area (Å²) in [5.74, 6) is 1.13. The van der Waals surface area contributed by atoms with Gasteiger partial charge in [0.25, 0.3) is 5.91 Å². The molecule has 3 aromatic rings. The van der Waals surface area contributed by atoms with E-state index in [1.807, 2.05) is 42.5 Å². The van der Waals surface area contributed by atoms with Crippen LogP contribution in [-0.4, -0.2) is 29.0 Å². The maximum absolute atomic E-state index is 12.4. The lowest BCUT2D eigenvalue weighted by Gasteiger charge is -2.32. The van der Waals surface area contributed by atoms with E-state index in [-0.39, 0.29) is 5.91 Å². The number of carbonyl (C=O) groups is 1. The Labute approximate surface area is 171 Å². The van der Waals surface area contributed by atoms with E-state index in [1.165, 1.54) is 24.9 Å². The van der Waals surface area contributed by atoms with E-state index >= 15 is 0 Å². The van der Waals surface area contributed by atoms with Crippen LogP contribution in [-0.2, 0) is 0 Å². The highest BCUT2D eigenvalue weighted by Gasteiger charge is 2.16. The molecular weight excluding hydrogens is 362 g/mol. The molecule has 2 N–H and O–H groups in total. The van der Waals surface area contributed by atoms with Crippen molar-refractivity contribution in [3.8, 4) is 0 Å². The zero-order chi connectivity index (χ0) is 20.1. The fourth-order valence-corrected chi connectivity index (χ4v) is 3.44. The molecule has 4 rings (SSSR count). The van der Waals surface area contributed by atoms with Gasteiger partial charge in [-0.1, -0.05) is 25.1 Å². The molecule has 6 nitrogen and oxygen atoms in total. The summed E-state index contributed by atoms with van der Waals surface area (Å²) in [6.45, 7) is 4.54. The largest absolute Gasteiger partial charge is 0.372 e. The first-order chi connectivity index (χ1) is 14.2. The molecular formula is C23H25N5O. The summed E-state index contributed by atoms with van der Waals surface area (Å²) in [5, 5.41) is 6.08. The van der Waals surface area contributed by atoms with Gasteiger partial charge in [-0.25, -0.2) is 9.97 Å². The molecule has 0 saturated carbocycles. The predicted octanol–water partition coefficient (Wildman–Crippen LogP) is 4.71. The minimum Gasteiger partial charge on any atom is -0.372 e. The van der Waals surface area contributed by atoms with Crippen LogP contribution >= 0.6 is 0 Å². The highest BCUT2D eigenvalue weighted by atomic mass is 16.1. The second kappa shape index (κ2) is 8.73. The zero-order valence-corrected chi connectivity index (χ0v) is 16.5. The minimum absolute atomic E-state index is 0.267. The number of hydrogen-bond donors (Lipinski definition) is 2. The number of anilines is 4. The molecule has 0 aliphatic carbocycles. The van der Waals surface area contributed by atoms with Crippen LogP contribution in [0.4, 0.5) is 22.9 Å². The van der Waals surface area contributed by atoms with Gasteiger partial charge in [0, 0.05) is 36.2 Å². The van der Waals surface area contributed by atoms with Crippen molar-refractivity contribution in [3.63, 3.8) is 0 Å². The third kappa shape index (κ3) is 4.90. The molecule has 1 saturated heterocycles. The first-order valence-electron chi connectivity index (χ1n) is 9.98. The van der Waals surface area contributed by atoms with Crippen molar-refractivity contribution >= 4 is 28.8 Å². The van der Waals surface area contributed by atoms with Crippen LogP contribution in [0.2, 0.25) is 0 Å². The molecule has 29 heavy (non-hydrogen) atoms. The average molecular weight is 387 g/mol. The Morgan fingerprint density at radius 3 is 2.41 bits per heavy atom. The fraction of sp³-hybridized carbons (Fsp3) is 0.261. The van der Waals surface area contributed by atoms with E-state index < -0.39 is 0 Å². The molecule has 1 aromatic heterocycles. The number of piperidine rings is 1. The quantitative estimate of drug-likeness (QED) is 0.663. The summed E-state index contributed by atoms with van der Waals surface area (Å²) in [6, 6.07) is 19.3. The van der Waals surface area contributed by atoms with Gasteiger partial charge in [0.2, 0.25) is 0 Å². The van der Waals surface area contributed by atoms with Crippen molar-refractivity contribution in [2.45, 2.75) is 19.8 Å². The van der Waals surface area contributed by atoms with Gasteiger partial charge in [-0.15, -0.1) is 0 Å². The molecule has 1 aliphatic heterocycles. The van der Waals surface area contributed by atoms with E-state index in [1.54, 1.807) is 6.07 Å². The molecule has 2 heterocycles. The van der Waals surface area contributed by atoms with Crippen molar-refractivity contribution in [3.05, 3.63) is 72.7 Å². The van der Waals surface area contributed by atoms with Gasteiger partial charge in [-0.2, -0.15) is 0 Å². The van der Waals surface area contributed by atoms with Crippen LogP contribution in [0.5, 0.6) is 0 Å². The van der Waals surface area contributed by atoms with Crippen molar-refractivity contribution in [2.75, 3.05) is 28.6 Å². The SMILES string of the molecule is CC1CCN(c2ccc(Nc3cc(C(=O)Nc4ccccc4)ncn3)cc2)CC1. The van der Waals surface area contributed by atoms with Gasteiger partial charge in [0.05, 0.1) is 0 Å². The standard InChI is InChI=1S/C23H25N5O/c1-17-11-13-28(14-12-17)20-9-7-19(8-10-20)26-22-15-21(24-16-25-22)23(29)27-18-5-3-2-4-6-18/h2-10,15-17H,11-14H2,1H3,(H,27,29)(H,24,25,26). The van der Waals surface area contributed by atoms with E-state index in [9.17, 15) is 4.79 Å². The minimum atomic E-state index is -0.267. The number of aromatic nitrogens is 2. The van der Waals surface area contributed by atoms with Gasteiger partial charge in [-0.05, 0) is 55.2 Å². The number of nitrogens with one attached hydrogen (secondary N) is 2. The van der Waals surface area contributed by atoms with Crippen LogP contribution in [0.3, 0.4) is 0 Å². The third-order valence-electron chi connectivity index (χ3n) is 5.22. The number of rotatable bonds is 5. The van der Waals surface area contributed by atoms with Gasteiger partial charge in [-0.3, -0.25) is 4.79 Å². The molecule has 148 valence electrons. The molecule has 0 unspecified atom stereocenters. The van der Waals surface area contributed by atoms with Crippen molar-refractivity contribution in [2.24, 2.45) is 5.92 Å². The van der Waals surface area contributed by atoms with E-state index in [4.69, 9.17) is 0 Å². The van der Waals surface area contributed by atoms with Crippen LogP contribution in [0.25, 0.3) is 0 Å². The molecule has 6 heteroatoms. The topological polar surface area (TPSA) is 70.2 Å². The first-order valence-corrected chi connectivity index (χ1v) is 9.98. The summed E-state index contributed by atoms with van der Waals surface area (Å²) < 4.78 is 0. The maximum atomic E-state index is 12.4. The van der Waals surface area contributed by atoms with Crippen LogP contribution in [0.15, 0.2) is 67.0 Å². The molecule has 0 spiro atoms. The van der Waals surface area contributed by atoms with Crippen LogP contribution in [0, 0.1) is 5.92 Å². The first kappa shape index (κ1) is 18.9. The normalized spacial score (nSPS) is 14.4. The highest BCUT2D eigenvalue weighted by Crippen LogP contribution is 2.25. The number of para-hydroxylation sites is 1. The fourth-order valence-electron chi connectivity index (χ4n) is 3.44. The van der Waals surface area contributed by atoms with E-state index in [0.29, 0.717) is 11.5 Å². The van der Waals surface area contributed by atoms with E-state index in [0.717, 1.165) is 30.4 Å². The second-order valence-electron chi connectivity index (χ2n) is 7.45. The predicted molar refractivity (Wildman–Crippen MR) is 117 cm³/mol. The zero-order valence-electron chi connectivity index (χ0n) is 16.5. The highest BCUT2D eigenvalue weighted by molar-refractivity contribution is 6.03. The number of carbonyl (C=O) groups excluding carboxylic acids is 1. The molecule has 0 radical (unpaired) electrons. The lowest BCUT2D eigenvalue weighted by Crippen LogP contribution is -2.32. The smallest absolute Gasteiger partial charge is 0.274 e. The number of benzene rings is 2. The Morgan fingerprint density at radius 1 is 0.966 bits per heavy atom. The number of hydrogen-bond acceptors (Lipinski definition) is 5. The van der Waals surface area contributed by atoms with Gasteiger partial charge in [0.1, 0.15) is 17.8 Å². The molecule has 0 atom stereocenters. The monoisotopic (exact) mass is 387 g/mol. The van der Waals surface area contributed by atoms with Crippen molar-refractivity contribution in [1.29, 1.82) is 0 Å². The van der Waals surface area contributed by atoms with Gasteiger partial charge in [0.15, 0.2) is 0 Å². The molecule has 1 amide bonds. The van der Waals surface area contributed by atoms with E-state index in [2.05, 4.69) is 44.6 Å². The summed E-state index contributed by atoms with van der Waals surface area (Å²) in [5.41, 5.74) is 3.21. The van der Waals surface area contributed by atoms with Crippen molar-refractivity contribution < 1.29 is 4.79 Å². The summed E-state index contributed by atoms with van der Waals surface area (Å²) in [6.07, 6.45) is 3.88. The summed E-state index contributed by atoms with van der Waals surface area (Å²) in [7, 11) is 0. The third-order valence-corrected chi connectivity index (χ3v) is 5.22. The molecule has 2 aromatic carbocycles. The van der Waals surface area contributed by atoms with Crippen LogP contribution in [0.1, 0.15) is 30.3 Å². The lowest BCUT2D eigenvalue weighted by atomic mass is 9.99. The van der Waals surface area contributed by atoms with Crippen LogP contribution < -0.4 is 15.5 Å². The number of amides is 1. The second-order valence-corrected chi connectivity index (χ2v) is 7.45. The molecule has 1 fully saturated rings. The maximum Gasteiger partial charge on any atom is 0.274 e. The van der Waals surface area contributed by atoms with Gasteiger partial charge >= 0.3 is 0 Å². The molecule has 1 aliphatic rings. The Hall–Kier alpha value is -3.41. The molecule has 0 bridgehead atoms. The number of nitrogens with zero attached hydrogens (tertiary/aromatic N) is 3. The lowest BCUT2D eigenvalue weighted by molar-refractivity contribution is 0.102. The Kier molecular flexibility index (Phi) is 5.70. The average Bonchev–Trinajstić information content (AvgIpc) is 2.76. The Balaban J connectivity index is 1.40.